The summed E-state index contributed by atoms with van der Waals surface area (Å²) in [5.41, 5.74) is 7.35. The Morgan fingerprint density at radius 3 is 2.65 bits per heavy atom. The van der Waals surface area contributed by atoms with Gasteiger partial charge in [-0.15, -0.1) is 11.3 Å². The van der Waals surface area contributed by atoms with Crippen molar-refractivity contribution in [2.24, 2.45) is 5.73 Å². The predicted molar refractivity (Wildman–Crippen MR) is 85.0 cm³/mol. The van der Waals surface area contributed by atoms with Gasteiger partial charge in [-0.05, 0) is 30.9 Å². The second kappa shape index (κ2) is 5.82. The summed E-state index contributed by atoms with van der Waals surface area (Å²) >= 11 is 1.83. The zero-order chi connectivity index (χ0) is 14.1. The Balaban J connectivity index is 1.89. The lowest BCUT2D eigenvalue weighted by Crippen LogP contribution is -2.44. The maximum atomic E-state index is 5.94. The van der Waals surface area contributed by atoms with E-state index in [1.807, 2.05) is 11.3 Å². The molecule has 1 aliphatic heterocycles. The summed E-state index contributed by atoms with van der Waals surface area (Å²) in [6.07, 6.45) is 0.620. The highest BCUT2D eigenvalue weighted by Crippen LogP contribution is 2.32. The number of ether oxygens (including phenoxy) is 1. The molecule has 0 amide bonds. The van der Waals surface area contributed by atoms with Crippen molar-refractivity contribution in [2.45, 2.75) is 39.1 Å². The largest absolute Gasteiger partial charge is 0.373 e. The molecule has 1 saturated heterocycles. The van der Waals surface area contributed by atoms with Crippen molar-refractivity contribution >= 4 is 21.4 Å². The molecule has 0 bridgehead atoms. The van der Waals surface area contributed by atoms with Crippen LogP contribution in [0.25, 0.3) is 10.1 Å². The molecule has 0 radical (unpaired) electrons. The van der Waals surface area contributed by atoms with Gasteiger partial charge >= 0.3 is 0 Å². The maximum absolute atomic E-state index is 5.94. The first-order chi connectivity index (χ1) is 9.67. The van der Waals surface area contributed by atoms with Crippen LogP contribution in [-0.2, 0) is 17.8 Å². The van der Waals surface area contributed by atoms with Crippen LogP contribution in [0.5, 0.6) is 0 Å². The monoisotopic (exact) mass is 290 g/mol. The van der Waals surface area contributed by atoms with Crippen molar-refractivity contribution in [1.82, 2.24) is 4.90 Å². The number of benzene rings is 1. The van der Waals surface area contributed by atoms with Crippen molar-refractivity contribution in [3.63, 3.8) is 0 Å². The van der Waals surface area contributed by atoms with E-state index >= 15 is 0 Å². The fourth-order valence-electron chi connectivity index (χ4n) is 3.12. The van der Waals surface area contributed by atoms with Gasteiger partial charge in [-0.1, -0.05) is 18.2 Å². The molecule has 1 aromatic carbocycles. The molecular formula is C16H22N2OS. The number of nitrogens with two attached hydrogens (primary N) is 1. The van der Waals surface area contributed by atoms with Gasteiger partial charge in [0.15, 0.2) is 0 Å². The van der Waals surface area contributed by atoms with Crippen LogP contribution in [0.4, 0.5) is 0 Å². The van der Waals surface area contributed by atoms with E-state index in [9.17, 15) is 0 Å². The molecule has 20 heavy (non-hydrogen) atoms. The molecule has 3 rings (SSSR count). The average molecular weight is 290 g/mol. The molecule has 2 aromatic rings. The Labute approximate surface area is 124 Å². The minimum atomic E-state index is 0.310. The molecule has 2 N–H and O–H groups in total. The van der Waals surface area contributed by atoms with Gasteiger partial charge in [-0.25, -0.2) is 0 Å². The van der Waals surface area contributed by atoms with Crippen molar-refractivity contribution in [3.8, 4) is 0 Å². The van der Waals surface area contributed by atoms with Crippen molar-refractivity contribution in [3.05, 3.63) is 34.7 Å². The van der Waals surface area contributed by atoms with Crippen LogP contribution >= 0.6 is 11.3 Å². The van der Waals surface area contributed by atoms with Crippen LogP contribution in [0.1, 0.15) is 24.3 Å². The van der Waals surface area contributed by atoms with Gasteiger partial charge in [0.1, 0.15) is 0 Å². The lowest BCUT2D eigenvalue weighted by Gasteiger charge is -2.35. The minimum absolute atomic E-state index is 0.310. The van der Waals surface area contributed by atoms with Crippen LogP contribution < -0.4 is 5.73 Å². The number of nitrogens with zero attached hydrogens (tertiary/aromatic N) is 1. The van der Waals surface area contributed by atoms with E-state index in [1.165, 1.54) is 20.5 Å². The number of morpholine rings is 1. The summed E-state index contributed by atoms with van der Waals surface area (Å²) in [4.78, 5) is 3.81. The summed E-state index contributed by atoms with van der Waals surface area (Å²) in [7, 11) is 0. The fraction of sp³-hybridized carbons (Fsp3) is 0.500. The lowest BCUT2D eigenvalue weighted by atomic mass is 10.1. The van der Waals surface area contributed by atoms with E-state index in [0.29, 0.717) is 18.8 Å². The van der Waals surface area contributed by atoms with Gasteiger partial charge < -0.3 is 10.5 Å². The first kappa shape index (κ1) is 14.0. The van der Waals surface area contributed by atoms with Crippen LogP contribution in [0.3, 0.4) is 0 Å². The number of hydrogen-bond acceptors (Lipinski definition) is 4. The molecule has 1 fully saturated rings. The van der Waals surface area contributed by atoms with E-state index in [1.54, 1.807) is 0 Å². The Bertz CT molecular complexity index is 585. The quantitative estimate of drug-likeness (QED) is 0.944. The first-order valence-electron chi connectivity index (χ1n) is 7.24. The van der Waals surface area contributed by atoms with Gasteiger partial charge in [-0.2, -0.15) is 0 Å². The summed E-state index contributed by atoms with van der Waals surface area (Å²) in [6.45, 7) is 7.91. The standard InChI is InChI=1S/C16H22N2OS/c1-11-8-18(9-12(2)19-11)10-14-13-5-3-4-6-15(13)20-16(14)7-17/h3-6,11-12H,7-10,17H2,1-2H3/t11-,12+. The topological polar surface area (TPSA) is 38.5 Å². The van der Waals surface area contributed by atoms with Gasteiger partial charge in [-0.3, -0.25) is 4.90 Å². The van der Waals surface area contributed by atoms with Gasteiger partial charge in [0, 0.05) is 35.8 Å². The third kappa shape index (κ3) is 2.74. The van der Waals surface area contributed by atoms with Crippen LogP contribution in [0.2, 0.25) is 0 Å². The summed E-state index contributed by atoms with van der Waals surface area (Å²) in [5, 5.41) is 1.37. The van der Waals surface area contributed by atoms with E-state index in [2.05, 4.69) is 43.0 Å². The second-order valence-corrected chi connectivity index (χ2v) is 6.79. The normalized spacial score (nSPS) is 24.4. The highest BCUT2D eigenvalue weighted by atomic mass is 32.1. The second-order valence-electron chi connectivity index (χ2n) is 5.66. The zero-order valence-electron chi connectivity index (χ0n) is 12.1. The van der Waals surface area contributed by atoms with Gasteiger partial charge in [0.25, 0.3) is 0 Å². The zero-order valence-corrected chi connectivity index (χ0v) is 13.0. The molecule has 1 aromatic heterocycles. The van der Waals surface area contributed by atoms with Crippen LogP contribution in [-0.4, -0.2) is 30.2 Å². The molecule has 108 valence electrons. The Morgan fingerprint density at radius 2 is 1.95 bits per heavy atom. The molecule has 0 saturated carbocycles. The molecule has 3 nitrogen and oxygen atoms in total. The smallest absolute Gasteiger partial charge is 0.0678 e. The average Bonchev–Trinajstić information content (AvgIpc) is 2.76. The Morgan fingerprint density at radius 1 is 1.25 bits per heavy atom. The lowest BCUT2D eigenvalue weighted by molar-refractivity contribution is -0.0704. The highest BCUT2D eigenvalue weighted by molar-refractivity contribution is 7.19. The number of thiophene rings is 1. The van der Waals surface area contributed by atoms with E-state index in [-0.39, 0.29) is 0 Å². The molecule has 4 heteroatoms. The van der Waals surface area contributed by atoms with E-state index in [4.69, 9.17) is 10.5 Å². The van der Waals surface area contributed by atoms with E-state index < -0.39 is 0 Å². The van der Waals surface area contributed by atoms with Crippen molar-refractivity contribution in [2.75, 3.05) is 13.1 Å². The van der Waals surface area contributed by atoms with Gasteiger partial charge in [0.05, 0.1) is 12.2 Å². The van der Waals surface area contributed by atoms with Crippen molar-refractivity contribution < 1.29 is 4.74 Å². The summed E-state index contributed by atoms with van der Waals surface area (Å²) in [6, 6.07) is 8.62. The summed E-state index contributed by atoms with van der Waals surface area (Å²) in [5.74, 6) is 0. The van der Waals surface area contributed by atoms with Crippen molar-refractivity contribution in [1.29, 1.82) is 0 Å². The maximum Gasteiger partial charge on any atom is 0.0678 e. The van der Waals surface area contributed by atoms with Crippen LogP contribution in [0.15, 0.2) is 24.3 Å². The third-order valence-electron chi connectivity index (χ3n) is 3.84. The minimum Gasteiger partial charge on any atom is -0.373 e. The van der Waals surface area contributed by atoms with Crippen LogP contribution in [0, 0.1) is 0 Å². The number of rotatable bonds is 3. The third-order valence-corrected chi connectivity index (χ3v) is 5.08. The molecular weight excluding hydrogens is 268 g/mol. The molecule has 0 spiro atoms. The summed E-state index contributed by atoms with van der Waals surface area (Å²) < 4.78 is 7.16. The molecule has 0 aliphatic carbocycles. The SMILES string of the molecule is C[C@@H]1CN(Cc2c(CN)sc3ccccc23)C[C@H](C)O1. The number of hydrogen-bond donors (Lipinski definition) is 1. The van der Waals surface area contributed by atoms with E-state index in [0.717, 1.165) is 19.6 Å². The predicted octanol–water partition coefficient (Wildman–Crippen LogP) is 2.97. The Hall–Kier alpha value is -0.940. The first-order valence-corrected chi connectivity index (χ1v) is 8.06. The Kier molecular flexibility index (Phi) is 4.08. The molecule has 2 heterocycles. The van der Waals surface area contributed by atoms with Gasteiger partial charge in [0.2, 0.25) is 0 Å². The fourth-order valence-corrected chi connectivity index (χ4v) is 4.22. The molecule has 2 atom stereocenters. The highest BCUT2D eigenvalue weighted by Gasteiger charge is 2.23. The molecule has 0 unspecified atom stereocenters. The molecule has 1 aliphatic rings. The number of fused-ring (bicyclic) bond motifs is 1.